The summed E-state index contributed by atoms with van der Waals surface area (Å²) < 4.78 is 0. The summed E-state index contributed by atoms with van der Waals surface area (Å²) >= 11 is 0. The lowest BCUT2D eigenvalue weighted by Gasteiger charge is -2.03. The van der Waals surface area contributed by atoms with Gasteiger partial charge in [0.1, 0.15) is 0 Å². The van der Waals surface area contributed by atoms with Gasteiger partial charge in [-0.1, -0.05) is 0 Å². The van der Waals surface area contributed by atoms with Crippen molar-refractivity contribution in [3.05, 3.63) is 0 Å². The van der Waals surface area contributed by atoms with E-state index in [4.69, 9.17) is 10.8 Å². The number of carbonyl (C=O) groups is 2. The molecule has 0 radical (unpaired) electrons. The van der Waals surface area contributed by atoms with E-state index < -0.39 is 0 Å². The third kappa shape index (κ3) is 8.99. The Labute approximate surface area is 83.7 Å². The molecule has 0 aromatic carbocycles. The predicted octanol–water partition coefficient (Wildman–Crippen LogP) is -0.469. The molecule has 82 valence electrons. The Hall–Kier alpha value is -1.10. The summed E-state index contributed by atoms with van der Waals surface area (Å²) in [5, 5.41) is 11.1. The number of carbonyl (C=O) groups excluding carboxylic acids is 2. The van der Waals surface area contributed by atoms with Crippen molar-refractivity contribution < 1.29 is 14.7 Å². The summed E-state index contributed by atoms with van der Waals surface area (Å²) in [5.74, 6) is -0.366. The maximum absolute atomic E-state index is 11.0. The van der Waals surface area contributed by atoms with Crippen molar-refractivity contribution in [1.82, 2.24) is 5.32 Å². The summed E-state index contributed by atoms with van der Waals surface area (Å²) in [4.78, 5) is 21.3. The molecule has 5 heteroatoms. The molecule has 0 aromatic rings. The molecule has 0 heterocycles. The summed E-state index contributed by atoms with van der Waals surface area (Å²) in [7, 11) is 0. The number of aliphatic hydroxyl groups excluding tert-OH is 1. The molecule has 4 N–H and O–H groups in total. The fourth-order valence-electron chi connectivity index (χ4n) is 0.980. The van der Waals surface area contributed by atoms with Crippen LogP contribution in [0.1, 0.15) is 32.1 Å². The van der Waals surface area contributed by atoms with E-state index >= 15 is 0 Å². The minimum absolute atomic E-state index is 0.0368. The largest absolute Gasteiger partial charge is 0.396 e. The predicted molar refractivity (Wildman–Crippen MR) is 52.4 cm³/mol. The number of nitrogens with two attached hydrogens (primary N) is 1. The molecule has 0 saturated carbocycles. The van der Waals surface area contributed by atoms with E-state index in [1.807, 2.05) is 0 Å². The van der Waals surface area contributed by atoms with Crippen molar-refractivity contribution >= 4 is 11.8 Å². The lowest BCUT2D eigenvalue weighted by atomic mass is 10.2. The molecule has 0 rings (SSSR count). The lowest BCUT2D eigenvalue weighted by molar-refractivity contribution is -0.121. The molecule has 0 bridgehead atoms. The smallest absolute Gasteiger partial charge is 0.220 e. The van der Waals surface area contributed by atoms with Crippen LogP contribution in [0, 0.1) is 0 Å². The molecule has 0 unspecified atom stereocenters. The zero-order valence-electron chi connectivity index (χ0n) is 8.29. The lowest BCUT2D eigenvalue weighted by Crippen LogP contribution is -2.24. The summed E-state index contributed by atoms with van der Waals surface area (Å²) in [6.07, 6.45) is 2.68. The minimum atomic E-state index is -0.309. The van der Waals surface area contributed by atoms with Gasteiger partial charge in [-0.3, -0.25) is 9.59 Å². The van der Waals surface area contributed by atoms with Gasteiger partial charge in [0, 0.05) is 26.0 Å². The average molecular weight is 202 g/mol. The number of nitrogens with one attached hydrogen (secondary N) is 1. The van der Waals surface area contributed by atoms with Gasteiger partial charge in [-0.2, -0.15) is 0 Å². The second-order valence-corrected chi connectivity index (χ2v) is 3.10. The monoisotopic (exact) mass is 202 g/mol. The number of primary amides is 1. The number of unbranched alkanes of at least 4 members (excludes halogenated alkanes) is 1. The van der Waals surface area contributed by atoms with E-state index in [1.165, 1.54) is 0 Å². The van der Waals surface area contributed by atoms with Crippen LogP contribution in [0.5, 0.6) is 0 Å². The Morgan fingerprint density at radius 2 is 1.86 bits per heavy atom. The van der Waals surface area contributed by atoms with Gasteiger partial charge in [0.15, 0.2) is 0 Å². The Kier molecular flexibility index (Phi) is 7.83. The maximum atomic E-state index is 11.0. The molecule has 14 heavy (non-hydrogen) atoms. The standard InChI is InChI=1S/C9H18N2O3/c10-8(13)4-1-2-6-11-9(14)5-3-7-12/h12H,1-7H2,(H2,10,13)(H,11,14). The van der Waals surface area contributed by atoms with E-state index in [-0.39, 0.29) is 18.4 Å². The fraction of sp³-hybridized carbons (Fsp3) is 0.778. The third-order valence-corrected chi connectivity index (χ3v) is 1.73. The molecular weight excluding hydrogens is 184 g/mol. The number of aliphatic hydroxyl groups is 1. The van der Waals surface area contributed by atoms with E-state index in [9.17, 15) is 9.59 Å². The van der Waals surface area contributed by atoms with Crippen LogP contribution in [0.4, 0.5) is 0 Å². The van der Waals surface area contributed by atoms with Crippen molar-refractivity contribution in [2.24, 2.45) is 5.73 Å². The van der Waals surface area contributed by atoms with Crippen molar-refractivity contribution in [1.29, 1.82) is 0 Å². The number of rotatable bonds is 8. The van der Waals surface area contributed by atoms with Crippen molar-refractivity contribution in [3.8, 4) is 0 Å². The van der Waals surface area contributed by atoms with Gasteiger partial charge in [-0.25, -0.2) is 0 Å². The van der Waals surface area contributed by atoms with E-state index in [0.29, 0.717) is 32.2 Å². The van der Waals surface area contributed by atoms with E-state index in [2.05, 4.69) is 5.32 Å². The van der Waals surface area contributed by atoms with Gasteiger partial charge in [-0.15, -0.1) is 0 Å². The Balaban J connectivity index is 3.19. The molecule has 0 spiro atoms. The topological polar surface area (TPSA) is 92.4 Å². The van der Waals surface area contributed by atoms with Gasteiger partial charge in [0.25, 0.3) is 0 Å². The van der Waals surface area contributed by atoms with Crippen LogP contribution in [0.2, 0.25) is 0 Å². The van der Waals surface area contributed by atoms with Gasteiger partial charge >= 0.3 is 0 Å². The van der Waals surface area contributed by atoms with Crippen LogP contribution in [-0.4, -0.2) is 30.1 Å². The summed E-state index contributed by atoms with van der Waals surface area (Å²) in [5.41, 5.74) is 4.95. The zero-order chi connectivity index (χ0) is 10.8. The molecule has 0 fully saturated rings. The number of hydrogen-bond acceptors (Lipinski definition) is 3. The second-order valence-electron chi connectivity index (χ2n) is 3.10. The molecule has 0 atom stereocenters. The summed E-state index contributed by atoms with van der Waals surface area (Å²) in [6.45, 7) is 0.604. The number of hydrogen-bond donors (Lipinski definition) is 3. The molecule has 0 saturated heterocycles. The molecule has 0 aliphatic rings. The first-order chi connectivity index (χ1) is 6.66. The zero-order valence-corrected chi connectivity index (χ0v) is 8.29. The van der Waals surface area contributed by atoms with Crippen LogP contribution in [0.3, 0.4) is 0 Å². The van der Waals surface area contributed by atoms with Crippen molar-refractivity contribution in [3.63, 3.8) is 0 Å². The highest BCUT2D eigenvalue weighted by Gasteiger charge is 1.99. The highest BCUT2D eigenvalue weighted by molar-refractivity contribution is 5.75. The van der Waals surface area contributed by atoms with Gasteiger partial charge in [-0.05, 0) is 19.3 Å². The quantitative estimate of drug-likeness (QED) is 0.465. The van der Waals surface area contributed by atoms with Gasteiger partial charge in [0.2, 0.25) is 11.8 Å². The SMILES string of the molecule is NC(=O)CCCCNC(=O)CCCO. The highest BCUT2D eigenvalue weighted by Crippen LogP contribution is 1.93. The number of amides is 2. The van der Waals surface area contributed by atoms with Crippen LogP contribution in [0.15, 0.2) is 0 Å². The Bertz CT molecular complexity index is 183. The molecule has 0 aliphatic carbocycles. The molecule has 2 amide bonds. The normalized spacial score (nSPS) is 9.79. The summed E-state index contributed by atoms with van der Waals surface area (Å²) in [6, 6.07) is 0. The van der Waals surface area contributed by atoms with Crippen molar-refractivity contribution in [2.75, 3.05) is 13.2 Å². The Morgan fingerprint density at radius 1 is 1.14 bits per heavy atom. The molecule has 0 aliphatic heterocycles. The van der Waals surface area contributed by atoms with Crippen molar-refractivity contribution in [2.45, 2.75) is 32.1 Å². The average Bonchev–Trinajstić information content (AvgIpc) is 2.13. The molecular formula is C9H18N2O3. The van der Waals surface area contributed by atoms with Gasteiger partial charge in [0.05, 0.1) is 0 Å². The maximum Gasteiger partial charge on any atom is 0.220 e. The fourth-order valence-corrected chi connectivity index (χ4v) is 0.980. The first-order valence-electron chi connectivity index (χ1n) is 4.82. The minimum Gasteiger partial charge on any atom is -0.396 e. The highest BCUT2D eigenvalue weighted by atomic mass is 16.3. The third-order valence-electron chi connectivity index (χ3n) is 1.73. The Morgan fingerprint density at radius 3 is 2.43 bits per heavy atom. The van der Waals surface area contributed by atoms with E-state index in [1.54, 1.807) is 0 Å². The van der Waals surface area contributed by atoms with Crippen LogP contribution in [-0.2, 0) is 9.59 Å². The van der Waals surface area contributed by atoms with Gasteiger partial charge < -0.3 is 16.2 Å². The van der Waals surface area contributed by atoms with Crippen LogP contribution in [0.25, 0.3) is 0 Å². The first-order valence-corrected chi connectivity index (χ1v) is 4.82. The second kappa shape index (κ2) is 8.50. The molecule has 0 aromatic heterocycles. The first kappa shape index (κ1) is 12.9. The molecule has 5 nitrogen and oxygen atoms in total. The van der Waals surface area contributed by atoms with Crippen LogP contribution < -0.4 is 11.1 Å². The van der Waals surface area contributed by atoms with Crippen LogP contribution >= 0.6 is 0 Å². The van der Waals surface area contributed by atoms with E-state index in [0.717, 1.165) is 6.42 Å².